The van der Waals surface area contributed by atoms with Crippen molar-refractivity contribution in [2.45, 2.75) is 95.7 Å². The number of phosphoric ester groups is 1. The lowest BCUT2D eigenvalue weighted by molar-refractivity contribution is -0.118. The fraction of sp³-hybridized carbons (Fsp3) is 0.773. The van der Waals surface area contributed by atoms with E-state index in [0.29, 0.717) is 6.42 Å². The number of nitrogens with zero attached hydrogens (tertiary/aromatic N) is 3. The van der Waals surface area contributed by atoms with Crippen LogP contribution in [0.2, 0.25) is 0 Å². The van der Waals surface area contributed by atoms with Gasteiger partial charge in [-0.3, -0.25) is 19.0 Å². The Kier molecular flexibility index (Phi) is 10.4. The number of H-pyrrole nitrogens is 1. The summed E-state index contributed by atoms with van der Waals surface area (Å²) in [6, 6.07) is 0. The van der Waals surface area contributed by atoms with Gasteiger partial charge in [0.2, 0.25) is 5.91 Å². The van der Waals surface area contributed by atoms with Gasteiger partial charge in [0.25, 0.3) is 5.56 Å². The fourth-order valence-electron chi connectivity index (χ4n) is 4.55. The number of phosphoric acid groups is 1. The summed E-state index contributed by atoms with van der Waals surface area (Å²) in [5, 5.41) is 20.9. The molecule has 13 nitrogen and oxygen atoms in total. The molecule has 3 heterocycles. The highest BCUT2D eigenvalue weighted by atomic mass is 31.2. The molecule has 0 aliphatic carbocycles. The van der Waals surface area contributed by atoms with Crippen LogP contribution in [0.4, 0.5) is 11.5 Å². The molecule has 36 heavy (non-hydrogen) atoms. The van der Waals surface area contributed by atoms with Crippen LogP contribution in [0.25, 0.3) is 0 Å². The average Bonchev–Trinajstić information content (AvgIpc) is 3.35. The van der Waals surface area contributed by atoms with Crippen LogP contribution in [0.1, 0.15) is 71.1 Å². The summed E-state index contributed by atoms with van der Waals surface area (Å²) in [6.07, 6.45) is 5.86. The molecule has 1 amide bonds. The Labute approximate surface area is 209 Å². The molecule has 4 atom stereocenters. The van der Waals surface area contributed by atoms with Gasteiger partial charge in [-0.2, -0.15) is 0 Å². The third-order valence-corrected chi connectivity index (χ3v) is 6.98. The number of nitrogens with one attached hydrogen (secondary N) is 1. The van der Waals surface area contributed by atoms with E-state index in [0.717, 1.165) is 25.6 Å². The molecule has 5 N–H and O–H groups in total. The van der Waals surface area contributed by atoms with Crippen LogP contribution >= 0.6 is 7.82 Å². The number of aromatic nitrogens is 2. The second-order valence-electron chi connectivity index (χ2n) is 9.25. The molecule has 1 aromatic rings. The third kappa shape index (κ3) is 7.34. The lowest BCUT2D eigenvalue weighted by Crippen LogP contribution is -2.47. The number of aliphatic hydroxyl groups is 2. The third-order valence-electron chi connectivity index (χ3n) is 6.49. The van der Waals surface area contributed by atoms with Crippen LogP contribution in [-0.2, 0) is 18.6 Å². The number of rotatable bonds is 14. The van der Waals surface area contributed by atoms with E-state index in [9.17, 15) is 24.4 Å². The highest BCUT2D eigenvalue weighted by Crippen LogP contribution is 2.39. The van der Waals surface area contributed by atoms with Crippen LogP contribution in [0.3, 0.4) is 0 Å². The first-order valence-corrected chi connectivity index (χ1v) is 14.0. The number of aliphatic hydroxyl groups excluding tert-OH is 2. The van der Waals surface area contributed by atoms with Crippen molar-refractivity contribution < 1.29 is 38.6 Å². The van der Waals surface area contributed by atoms with Crippen LogP contribution < -0.4 is 15.4 Å². The second-order valence-corrected chi connectivity index (χ2v) is 10.5. The summed E-state index contributed by atoms with van der Waals surface area (Å²) < 4.78 is 21.0. The summed E-state index contributed by atoms with van der Waals surface area (Å²) in [5.74, 6) is -0.165. The van der Waals surface area contributed by atoms with Gasteiger partial charge in [0.15, 0.2) is 17.7 Å². The molecule has 0 bridgehead atoms. The average molecular weight is 533 g/mol. The Morgan fingerprint density at radius 2 is 1.78 bits per heavy atom. The highest BCUT2D eigenvalue weighted by molar-refractivity contribution is 7.46. The number of unbranched alkanes of at least 4 members (excludes halogenated alkanes) is 8. The molecule has 0 unspecified atom stereocenters. The minimum absolute atomic E-state index is 0.0265. The molecule has 0 radical (unpaired) electrons. The molecule has 1 aromatic heterocycles. The number of hydrogen-bond acceptors (Lipinski definition) is 9. The quantitative estimate of drug-likeness (QED) is 0.172. The van der Waals surface area contributed by atoms with Crippen LogP contribution in [-0.4, -0.2) is 73.7 Å². The predicted octanol–water partition coefficient (Wildman–Crippen LogP) is 1.36. The van der Waals surface area contributed by atoms with E-state index in [4.69, 9.17) is 14.5 Å². The molecule has 0 saturated carbocycles. The van der Waals surface area contributed by atoms with E-state index in [1.807, 2.05) is 0 Å². The van der Waals surface area contributed by atoms with Gasteiger partial charge in [-0.25, -0.2) is 9.55 Å². The van der Waals surface area contributed by atoms with Gasteiger partial charge in [-0.15, -0.1) is 0 Å². The summed E-state index contributed by atoms with van der Waals surface area (Å²) in [4.78, 5) is 52.7. The summed E-state index contributed by atoms with van der Waals surface area (Å²) in [7, 11) is -4.81. The van der Waals surface area contributed by atoms with E-state index in [1.54, 1.807) is 0 Å². The Bertz CT molecular complexity index is 971. The highest BCUT2D eigenvalue weighted by Gasteiger charge is 2.50. The lowest BCUT2D eigenvalue weighted by atomic mass is 10.1. The minimum atomic E-state index is -4.81. The number of aromatic amines is 1. The number of amides is 1. The van der Waals surface area contributed by atoms with Crippen molar-refractivity contribution in [2.24, 2.45) is 0 Å². The number of fused-ring (bicyclic) bond motifs is 1. The maximum atomic E-state index is 13.0. The fourth-order valence-corrected chi connectivity index (χ4v) is 4.89. The van der Waals surface area contributed by atoms with Crippen molar-refractivity contribution in [2.75, 3.05) is 23.1 Å². The van der Waals surface area contributed by atoms with E-state index in [1.165, 1.54) is 41.9 Å². The van der Waals surface area contributed by atoms with Gasteiger partial charge >= 0.3 is 7.82 Å². The molecule has 0 aromatic carbocycles. The zero-order valence-electron chi connectivity index (χ0n) is 20.5. The molecule has 3 rings (SSSR count). The summed E-state index contributed by atoms with van der Waals surface area (Å²) in [5.41, 5.74) is -0.504. The number of carbonyl (C=O) groups is 1. The molecular weight excluding hydrogens is 495 g/mol. The van der Waals surface area contributed by atoms with Gasteiger partial charge in [0, 0.05) is 6.42 Å². The van der Waals surface area contributed by atoms with Crippen molar-refractivity contribution in [1.29, 1.82) is 0 Å². The van der Waals surface area contributed by atoms with E-state index in [2.05, 4.69) is 21.4 Å². The Hall–Kier alpha value is -1.86. The van der Waals surface area contributed by atoms with Crippen LogP contribution in [0.15, 0.2) is 11.1 Å². The lowest BCUT2D eigenvalue weighted by Gasteiger charge is -2.27. The smallest absolute Gasteiger partial charge is 0.387 e. The zero-order valence-corrected chi connectivity index (χ0v) is 21.4. The summed E-state index contributed by atoms with van der Waals surface area (Å²) >= 11 is 0. The molecular formula is C22H37N4O9P. The van der Waals surface area contributed by atoms with E-state index in [-0.39, 0.29) is 30.5 Å². The number of ether oxygens (including phenoxy) is 1. The van der Waals surface area contributed by atoms with Gasteiger partial charge in [0.05, 0.1) is 12.9 Å². The predicted molar refractivity (Wildman–Crippen MR) is 130 cm³/mol. The van der Waals surface area contributed by atoms with Gasteiger partial charge in [-0.1, -0.05) is 58.3 Å². The normalized spacial score (nSPS) is 23.9. The number of carbonyl (C=O) groups excluding carboxylic acids is 1. The van der Waals surface area contributed by atoms with Gasteiger partial charge < -0.3 is 34.6 Å². The van der Waals surface area contributed by atoms with Crippen molar-refractivity contribution in [3.8, 4) is 0 Å². The van der Waals surface area contributed by atoms with Crippen molar-refractivity contribution in [3.05, 3.63) is 16.7 Å². The number of anilines is 2. The van der Waals surface area contributed by atoms with E-state index >= 15 is 0 Å². The molecule has 14 heteroatoms. The maximum absolute atomic E-state index is 13.0. The van der Waals surface area contributed by atoms with Crippen LogP contribution in [0.5, 0.6) is 0 Å². The van der Waals surface area contributed by atoms with Crippen molar-refractivity contribution in [3.63, 3.8) is 0 Å². The van der Waals surface area contributed by atoms with Gasteiger partial charge in [-0.05, 0) is 6.42 Å². The molecule has 204 valence electrons. The molecule has 1 fully saturated rings. The second kappa shape index (κ2) is 13.1. The Morgan fingerprint density at radius 1 is 1.14 bits per heavy atom. The molecule has 0 spiro atoms. The first-order valence-electron chi connectivity index (χ1n) is 12.5. The number of hydrogen-bond donors (Lipinski definition) is 5. The zero-order chi connectivity index (χ0) is 26.3. The Balaban J connectivity index is 1.59. The molecule has 2 aliphatic heterocycles. The molecule has 2 aliphatic rings. The first-order chi connectivity index (χ1) is 17.1. The monoisotopic (exact) mass is 532 g/mol. The topological polar surface area (TPSA) is 186 Å². The maximum Gasteiger partial charge on any atom is 0.469 e. The van der Waals surface area contributed by atoms with Crippen molar-refractivity contribution in [1.82, 2.24) is 9.97 Å². The van der Waals surface area contributed by atoms with Crippen molar-refractivity contribution >= 4 is 25.2 Å². The Morgan fingerprint density at radius 3 is 2.42 bits per heavy atom. The van der Waals surface area contributed by atoms with E-state index < -0.39 is 44.5 Å². The SMILES string of the molecule is CCCCCCCCCCCC(=O)N1CN([C@@H]2O[C@H](COP(=O)(O)O)[C@@H](O)[C@H]2O)c2nc[nH]c(=O)c21. The standard InChI is InChI=1S/C22H37N4O9P/c1-2-3-4-5-6-7-8-9-10-11-16(27)25-14-26(20-17(25)21(30)24-13-23-20)22-19(29)18(28)15(35-22)12-34-36(31,32)33/h13,15,18-19,22,28-29H,2-12,14H2,1H3,(H,23,24,30)(H2,31,32,33)/t15-,18-,19-,22-/m1/s1. The molecule has 1 saturated heterocycles. The first kappa shape index (κ1) is 28.7. The summed E-state index contributed by atoms with van der Waals surface area (Å²) in [6.45, 7) is 1.39. The van der Waals surface area contributed by atoms with Gasteiger partial charge in [0.1, 0.15) is 25.0 Å². The van der Waals surface area contributed by atoms with Crippen LogP contribution in [0, 0.1) is 0 Å². The minimum Gasteiger partial charge on any atom is -0.387 e. The largest absolute Gasteiger partial charge is 0.469 e.